The molecule has 0 N–H and O–H groups in total. The molecule has 0 radical (unpaired) electrons. The maximum absolute atomic E-state index is 12.2. The Morgan fingerprint density at radius 2 is 1.48 bits per heavy atom. The van der Waals surface area contributed by atoms with Gasteiger partial charge in [-0.25, -0.2) is 0 Å². The van der Waals surface area contributed by atoms with Crippen molar-refractivity contribution in [2.75, 3.05) is 20.8 Å². The lowest BCUT2D eigenvalue weighted by Gasteiger charge is -2.22. The van der Waals surface area contributed by atoms with Crippen molar-refractivity contribution in [2.45, 2.75) is 13.3 Å². The Hall–Kier alpha value is -2.96. The van der Waals surface area contributed by atoms with Crippen LogP contribution in [0.2, 0.25) is 0 Å². The second kappa shape index (κ2) is 7.29. The number of rotatable bonds is 6. The highest BCUT2D eigenvalue weighted by Gasteiger charge is 2.42. The maximum Gasteiger partial charge on any atom is 0.323 e. The van der Waals surface area contributed by atoms with E-state index in [1.165, 1.54) is 21.1 Å². The number of ether oxygens (including phenoxy) is 2. The molecule has 0 unspecified atom stereocenters. The van der Waals surface area contributed by atoms with Crippen LogP contribution in [0.15, 0.2) is 36.4 Å². The zero-order valence-corrected chi connectivity index (χ0v) is 14.3. The van der Waals surface area contributed by atoms with Crippen LogP contribution in [0.3, 0.4) is 0 Å². The summed E-state index contributed by atoms with van der Waals surface area (Å²) in [5, 5.41) is 0. The number of allylic oxidation sites excluding steroid dienone is 1. The van der Waals surface area contributed by atoms with Crippen molar-refractivity contribution < 1.29 is 28.7 Å². The van der Waals surface area contributed by atoms with Crippen molar-refractivity contribution in [3.05, 3.63) is 47.5 Å². The summed E-state index contributed by atoms with van der Waals surface area (Å²) in [6.07, 6.45) is 3.14. The molecule has 0 aliphatic carbocycles. The van der Waals surface area contributed by atoms with Gasteiger partial charge in [-0.1, -0.05) is 24.3 Å². The second-order valence-electron chi connectivity index (χ2n) is 5.76. The van der Waals surface area contributed by atoms with Gasteiger partial charge in [-0.15, -0.1) is 0 Å². The fourth-order valence-corrected chi connectivity index (χ4v) is 2.60. The zero-order chi connectivity index (χ0) is 18.6. The van der Waals surface area contributed by atoms with Crippen molar-refractivity contribution >= 4 is 23.8 Å². The van der Waals surface area contributed by atoms with Crippen LogP contribution in [0.5, 0.6) is 0 Å². The number of imide groups is 1. The fourth-order valence-electron chi connectivity index (χ4n) is 2.60. The SMILES string of the molecule is COC(=O)C(C)(C/C=C/CN1C(=O)c2ccccc2C1=O)C(=O)OC. The molecule has 7 nitrogen and oxygen atoms in total. The van der Waals surface area contributed by atoms with E-state index in [-0.39, 0.29) is 24.8 Å². The Morgan fingerprint density at radius 3 is 1.92 bits per heavy atom. The van der Waals surface area contributed by atoms with Gasteiger partial charge in [-0.3, -0.25) is 24.1 Å². The van der Waals surface area contributed by atoms with Gasteiger partial charge in [0.25, 0.3) is 11.8 Å². The highest BCUT2D eigenvalue weighted by atomic mass is 16.5. The van der Waals surface area contributed by atoms with E-state index in [0.29, 0.717) is 11.1 Å². The number of esters is 2. The van der Waals surface area contributed by atoms with Crippen LogP contribution in [0.25, 0.3) is 0 Å². The number of hydrogen-bond donors (Lipinski definition) is 0. The van der Waals surface area contributed by atoms with Crippen molar-refractivity contribution in [1.82, 2.24) is 4.90 Å². The first-order chi connectivity index (χ1) is 11.9. The molecular weight excluding hydrogens is 326 g/mol. The smallest absolute Gasteiger partial charge is 0.323 e. The fraction of sp³-hybridized carbons (Fsp3) is 0.333. The molecule has 0 saturated carbocycles. The third kappa shape index (κ3) is 3.31. The van der Waals surface area contributed by atoms with Crippen LogP contribution in [0, 0.1) is 5.41 Å². The third-order valence-electron chi connectivity index (χ3n) is 4.13. The van der Waals surface area contributed by atoms with E-state index in [4.69, 9.17) is 0 Å². The second-order valence-corrected chi connectivity index (χ2v) is 5.76. The molecule has 0 fully saturated rings. The number of methoxy groups -OCH3 is 2. The number of carbonyl (C=O) groups excluding carboxylic acids is 4. The Bertz CT molecular complexity index is 701. The molecule has 1 aromatic rings. The van der Waals surface area contributed by atoms with Gasteiger partial charge in [-0.2, -0.15) is 0 Å². The van der Waals surface area contributed by atoms with Crippen molar-refractivity contribution in [3.63, 3.8) is 0 Å². The van der Waals surface area contributed by atoms with Crippen LogP contribution in [0.1, 0.15) is 34.1 Å². The topological polar surface area (TPSA) is 90.0 Å². The number of carbonyl (C=O) groups is 4. The lowest BCUT2D eigenvalue weighted by atomic mass is 9.86. The van der Waals surface area contributed by atoms with Gasteiger partial charge < -0.3 is 9.47 Å². The summed E-state index contributed by atoms with van der Waals surface area (Å²) in [6.45, 7) is 1.46. The van der Waals surface area contributed by atoms with Crippen molar-refractivity contribution in [2.24, 2.45) is 5.41 Å². The average molecular weight is 345 g/mol. The van der Waals surface area contributed by atoms with E-state index in [2.05, 4.69) is 9.47 Å². The Kier molecular flexibility index (Phi) is 5.36. The van der Waals surface area contributed by atoms with E-state index in [9.17, 15) is 19.2 Å². The molecule has 25 heavy (non-hydrogen) atoms. The molecule has 2 amide bonds. The normalized spacial score (nSPS) is 14.0. The quantitative estimate of drug-likeness (QED) is 0.336. The van der Waals surface area contributed by atoms with Crippen LogP contribution in [0.4, 0.5) is 0 Å². The third-order valence-corrected chi connectivity index (χ3v) is 4.13. The van der Waals surface area contributed by atoms with Crippen LogP contribution < -0.4 is 0 Å². The standard InChI is InChI=1S/C18H19NO6/c1-18(16(22)24-2,17(23)25-3)10-6-7-11-19-14(20)12-8-4-5-9-13(12)15(19)21/h4-9H,10-11H2,1-3H3/b7-6+. The van der Waals surface area contributed by atoms with E-state index >= 15 is 0 Å². The van der Waals surface area contributed by atoms with E-state index in [1.807, 2.05) is 0 Å². The number of amides is 2. The number of benzene rings is 1. The Morgan fingerprint density at radius 1 is 1.00 bits per heavy atom. The summed E-state index contributed by atoms with van der Waals surface area (Å²) in [7, 11) is 2.37. The average Bonchev–Trinajstić information content (AvgIpc) is 2.88. The molecule has 1 aromatic carbocycles. The lowest BCUT2D eigenvalue weighted by molar-refractivity contribution is -0.167. The molecule has 0 aromatic heterocycles. The Labute approximate surface area is 145 Å². The first-order valence-electron chi connectivity index (χ1n) is 7.64. The summed E-state index contributed by atoms with van der Waals surface area (Å²) in [6, 6.07) is 6.60. The number of hydrogen-bond acceptors (Lipinski definition) is 6. The first kappa shape index (κ1) is 18.4. The van der Waals surface area contributed by atoms with Gasteiger partial charge in [0.2, 0.25) is 0 Å². The van der Waals surface area contributed by atoms with Crippen LogP contribution >= 0.6 is 0 Å². The minimum atomic E-state index is -1.48. The molecule has 1 heterocycles. The molecule has 1 aliphatic heterocycles. The predicted molar refractivity (Wildman–Crippen MR) is 87.7 cm³/mol. The summed E-state index contributed by atoms with van der Waals surface area (Å²) in [5.41, 5.74) is -0.744. The molecule has 2 rings (SSSR count). The van der Waals surface area contributed by atoms with Crippen LogP contribution in [-0.2, 0) is 19.1 Å². The van der Waals surface area contributed by atoms with Gasteiger partial charge in [0, 0.05) is 6.54 Å². The van der Waals surface area contributed by atoms with Gasteiger partial charge in [0.1, 0.15) is 0 Å². The largest absolute Gasteiger partial charge is 0.468 e. The molecule has 1 aliphatic rings. The van der Waals surface area contributed by atoms with Crippen molar-refractivity contribution in [3.8, 4) is 0 Å². The van der Waals surface area contributed by atoms with Crippen LogP contribution in [-0.4, -0.2) is 49.4 Å². The van der Waals surface area contributed by atoms with Gasteiger partial charge in [0.05, 0.1) is 25.3 Å². The van der Waals surface area contributed by atoms with E-state index in [1.54, 1.807) is 36.4 Å². The minimum absolute atomic E-state index is 0.0233. The molecule has 132 valence electrons. The summed E-state index contributed by atoms with van der Waals surface area (Å²) in [4.78, 5) is 49.3. The summed E-state index contributed by atoms with van der Waals surface area (Å²) >= 11 is 0. The zero-order valence-electron chi connectivity index (χ0n) is 14.3. The minimum Gasteiger partial charge on any atom is -0.468 e. The first-order valence-corrected chi connectivity index (χ1v) is 7.64. The van der Waals surface area contributed by atoms with Gasteiger partial charge in [0.15, 0.2) is 5.41 Å². The highest BCUT2D eigenvalue weighted by Crippen LogP contribution is 2.26. The summed E-state index contributed by atoms with van der Waals surface area (Å²) in [5.74, 6) is -2.17. The lowest BCUT2D eigenvalue weighted by Crippen LogP contribution is -2.38. The summed E-state index contributed by atoms with van der Waals surface area (Å²) < 4.78 is 9.31. The molecule has 0 saturated heterocycles. The van der Waals surface area contributed by atoms with E-state index < -0.39 is 17.4 Å². The maximum atomic E-state index is 12.2. The molecule has 7 heteroatoms. The molecule has 0 atom stereocenters. The Balaban J connectivity index is 2.06. The highest BCUT2D eigenvalue weighted by molar-refractivity contribution is 6.21. The molecular formula is C18H19NO6. The van der Waals surface area contributed by atoms with Crippen molar-refractivity contribution in [1.29, 1.82) is 0 Å². The molecule has 0 spiro atoms. The van der Waals surface area contributed by atoms with Gasteiger partial charge >= 0.3 is 11.9 Å². The van der Waals surface area contributed by atoms with Gasteiger partial charge in [-0.05, 0) is 25.5 Å². The monoisotopic (exact) mass is 345 g/mol. The number of fused-ring (bicyclic) bond motifs is 1. The number of nitrogens with zero attached hydrogens (tertiary/aromatic N) is 1. The molecule has 0 bridgehead atoms. The van der Waals surface area contributed by atoms with E-state index in [0.717, 1.165) is 4.90 Å². The predicted octanol–water partition coefficient (Wildman–Crippen LogP) is 1.58.